The minimum atomic E-state index is 0.234. The highest BCUT2D eigenvalue weighted by atomic mass is 79.9. The third-order valence-corrected chi connectivity index (χ3v) is 3.22. The molecule has 0 aliphatic rings. The summed E-state index contributed by atoms with van der Waals surface area (Å²) in [5.41, 5.74) is 1.05. The Bertz CT molecular complexity index is 616. The molecule has 0 aliphatic heterocycles. The van der Waals surface area contributed by atoms with E-state index in [0.29, 0.717) is 5.02 Å². The summed E-state index contributed by atoms with van der Waals surface area (Å²) in [6.45, 7) is 0. The standard InChI is InChI=1S/C10H6BrClN6/c11-8-3-7(1-2-9(8)12)14-5-6(4-13)10-15-17-18-16-10/h1-3,5,14H,(H,15,16,17,18). The highest BCUT2D eigenvalue weighted by Crippen LogP contribution is 2.25. The van der Waals surface area contributed by atoms with Gasteiger partial charge >= 0.3 is 0 Å². The number of aromatic amines is 1. The molecule has 0 fully saturated rings. The maximum Gasteiger partial charge on any atom is 0.216 e. The van der Waals surface area contributed by atoms with Crippen LogP contribution in [0.25, 0.3) is 5.57 Å². The van der Waals surface area contributed by atoms with Gasteiger partial charge < -0.3 is 5.32 Å². The van der Waals surface area contributed by atoms with E-state index in [1.165, 1.54) is 6.20 Å². The molecule has 1 heterocycles. The first-order valence-electron chi connectivity index (χ1n) is 4.76. The Morgan fingerprint density at radius 1 is 1.56 bits per heavy atom. The highest BCUT2D eigenvalue weighted by Gasteiger charge is 2.05. The van der Waals surface area contributed by atoms with Crippen LogP contribution in [0.5, 0.6) is 0 Å². The second-order valence-corrected chi connectivity index (χ2v) is 4.44. The minimum absolute atomic E-state index is 0.234. The molecule has 1 aromatic heterocycles. The predicted octanol–water partition coefficient (Wildman–Crippen LogP) is 2.59. The van der Waals surface area contributed by atoms with Crippen LogP contribution in [0.4, 0.5) is 5.69 Å². The molecule has 0 saturated carbocycles. The second-order valence-electron chi connectivity index (χ2n) is 3.18. The maximum atomic E-state index is 8.96. The van der Waals surface area contributed by atoms with E-state index < -0.39 is 0 Å². The molecule has 18 heavy (non-hydrogen) atoms. The van der Waals surface area contributed by atoms with E-state index in [4.69, 9.17) is 16.9 Å². The van der Waals surface area contributed by atoms with E-state index in [1.54, 1.807) is 18.2 Å². The van der Waals surface area contributed by atoms with Crippen molar-refractivity contribution >= 4 is 38.8 Å². The van der Waals surface area contributed by atoms with Crippen LogP contribution >= 0.6 is 27.5 Å². The van der Waals surface area contributed by atoms with Crippen LogP contribution < -0.4 is 5.32 Å². The van der Waals surface area contributed by atoms with E-state index in [2.05, 4.69) is 41.9 Å². The zero-order valence-corrected chi connectivity index (χ0v) is 11.2. The van der Waals surface area contributed by atoms with Crippen molar-refractivity contribution in [2.24, 2.45) is 0 Å². The van der Waals surface area contributed by atoms with Gasteiger partial charge in [-0.05, 0) is 39.3 Å². The molecule has 1 aromatic carbocycles. The van der Waals surface area contributed by atoms with Gasteiger partial charge in [0.2, 0.25) is 5.82 Å². The van der Waals surface area contributed by atoms with Crippen LogP contribution in [0.3, 0.4) is 0 Å². The van der Waals surface area contributed by atoms with E-state index in [9.17, 15) is 0 Å². The summed E-state index contributed by atoms with van der Waals surface area (Å²) in [5, 5.41) is 25.7. The van der Waals surface area contributed by atoms with Crippen LogP contribution in [0.15, 0.2) is 28.9 Å². The lowest BCUT2D eigenvalue weighted by Crippen LogP contribution is -1.93. The van der Waals surface area contributed by atoms with Gasteiger partial charge in [-0.25, -0.2) is 0 Å². The van der Waals surface area contributed by atoms with E-state index in [-0.39, 0.29) is 11.4 Å². The Morgan fingerprint density at radius 3 is 3.00 bits per heavy atom. The van der Waals surface area contributed by atoms with Gasteiger partial charge in [-0.3, -0.25) is 0 Å². The number of nitriles is 1. The Kier molecular flexibility index (Phi) is 3.92. The number of anilines is 1. The minimum Gasteiger partial charge on any atom is -0.360 e. The van der Waals surface area contributed by atoms with Gasteiger partial charge in [-0.15, -0.1) is 10.2 Å². The molecule has 0 atom stereocenters. The van der Waals surface area contributed by atoms with E-state index in [0.717, 1.165) is 10.2 Å². The molecule has 0 bridgehead atoms. The van der Waals surface area contributed by atoms with Crippen molar-refractivity contribution in [1.29, 1.82) is 5.26 Å². The molecule has 0 saturated heterocycles. The Morgan fingerprint density at radius 2 is 2.39 bits per heavy atom. The number of rotatable bonds is 3. The van der Waals surface area contributed by atoms with Gasteiger partial charge in [0.15, 0.2) is 0 Å². The van der Waals surface area contributed by atoms with Gasteiger partial charge in [-0.1, -0.05) is 11.6 Å². The molecule has 0 spiro atoms. The lowest BCUT2D eigenvalue weighted by Gasteiger charge is -2.02. The Balaban J connectivity index is 2.19. The zero-order valence-electron chi connectivity index (χ0n) is 8.85. The molecule has 0 aliphatic carbocycles. The molecule has 2 rings (SSSR count). The topological polar surface area (TPSA) is 90.3 Å². The number of nitrogens with one attached hydrogen (secondary N) is 2. The summed E-state index contributed by atoms with van der Waals surface area (Å²) in [6, 6.07) is 7.30. The van der Waals surface area contributed by atoms with E-state index in [1.807, 2.05) is 6.07 Å². The van der Waals surface area contributed by atoms with Gasteiger partial charge in [0.1, 0.15) is 11.6 Å². The van der Waals surface area contributed by atoms with Crippen molar-refractivity contribution in [3.05, 3.63) is 39.7 Å². The van der Waals surface area contributed by atoms with Gasteiger partial charge in [0.05, 0.1) is 5.02 Å². The number of allylic oxidation sites excluding steroid dienone is 1. The summed E-state index contributed by atoms with van der Waals surface area (Å²) >= 11 is 9.19. The number of hydrogen-bond donors (Lipinski definition) is 2. The quantitative estimate of drug-likeness (QED) is 0.847. The monoisotopic (exact) mass is 324 g/mol. The molecular formula is C10H6BrClN6. The molecule has 0 amide bonds. The summed E-state index contributed by atoms with van der Waals surface area (Å²) in [6.07, 6.45) is 1.50. The van der Waals surface area contributed by atoms with Crippen molar-refractivity contribution in [2.75, 3.05) is 5.32 Å². The summed E-state index contributed by atoms with van der Waals surface area (Å²) in [7, 11) is 0. The van der Waals surface area contributed by atoms with Crippen molar-refractivity contribution in [3.63, 3.8) is 0 Å². The first-order chi connectivity index (χ1) is 8.70. The predicted molar refractivity (Wildman–Crippen MR) is 70.5 cm³/mol. The van der Waals surface area contributed by atoms with Crippen molar-refractivity contribution in [3.8, 4) is 6.07 Å². The summed E-state index contributed by atoms with van der Waals surface area (Å²) in [5.74, 6) is 0.234. The number of halogens is 2. The smallest absolute Gasteiger partial charge is 0.216 e. The van der Waals surface area contributed by atoms with Crippen molar-refractivity contribution in [1.82, 2.24) is 20.6 Å². The number of tetrazole rings is 1. The fraction of sp³-hybridized carbons (Fsp3) is 0. The lowest BCUT2D eigenvalue weighted by atomic mass is 10.3. The molecule has 0 radical (unpaired) electrons. The highest BCUT2D eigenvalue weighted by molar-refractivity contribution is 9.10. The second kappa shape index (κ2) is 5.62. The number of aromatic nitrogens is 4. The molecule has 0 unspecified atom stereocenters. The molecule has 90 valence electrons. The number of hydrogen-bond acceptors (Lipinski definition) is 5. The van der Waals surface area contributed by atoms with Gasteiger partial charge in [-0.2, -0.15) is 10.5 Å². The Hall–Kier alpha value is -1.91. The zero-order chi connectivity index (χ0) is 13.0. The molecular weight excluding hydrogens is 320 g/mol. The molecule has 8 heteroatoms. The number of benzene rings is 1. The third-order valence-electron chi connectivity index (χ3n) is 2.01. The van der Waals surface area contributed by atoms with Crippen molar-refractivity contribution in [2.45, 2.75) is 0 Å². The average molecular weight is 326 g/mol. The van der Waals surface area contributed by atoms with Crippen LogP contribution in [0.2, 0.25) is 5.02 Å². The van der Waals surface area contributed by atoms with Gasteiger partial charge in [0.25, 0.3) is 0 Å². The Labute approximate surface area is 116 Å². The largest absolute Gasteiger partial charge is 0.360 e. The van der Waals surface area contributed by atoms with E-state index >= 15 is 0 Å². The van der Waals surface area contributed by atoms with Gasteiger partial charge in [0, 0.05) is 16.4 Å². The number of H-pyrrole nitrogens is 1. The fourth-order valence-electron chi connectivity index (χ4n) is 1.16. The molecule has 2 N–H and O–H groups in total. The lowest BCUT2D eigenvalue weighted by molar-refractivity contribution is 0.881. The normalized spacial score (nSPS) is 11.1. The SMILES string of the molecule is N#CC(=CNc1ccc(Cl)c(Br)c1)c1nn[nH]n1. The number of nitrogens with zero attached hydrogens (tertiary/aromatic N) is 4. The van der Waals surface area contributed by atoms with Crippen LogP contribution in [0, 0.1) is 11.3 Å². The van der Waals surface area contributed by atoms with Crippen molar-refractivity contribution < 1.29 is 0 Å². The van der Waals surface area contributed by atoms with Crippen LogP contribution in [-0.2, 0) is 0 Å². The first kappa shape index (κ1) is 12.5. The summed E-state index contributed by atoms with van der Waals surface area (Å²) < 4.78 is 0.764. The summed E-state index contributed by atoms with van der Waals surface area (Å²) in [4.78, 5) is 0. The van der Waals surface area contributed by atoms with Crippen LogP contribution in [-0.4, -0.2) is 20.6 Å². The maximum absolute atomic E-state index is 8.96. The average Bonchev–Trinajstić information content (AvgIpc) is 2.88. The third kappa shape index (κ3) is 2.85. The van der Waals surface area contributed by atoms with Crippen LogP contribution in [0.1, 0.15) is 5.82 Å². The molecule has 6 nitrogen and oxygen atoms in total. The first-order valence-corrected chi connectivity index (χ1v) is 5.93. The molecule has 2 aromatic rings. The fourth-order valence-corrected chi connectivity index (χ4v) is 1.66.